The summed E-state index contributed by atoms with van der Waals surface area (Å²) in [5.41, 5.74) is 2.32. The molecule has 7 nitrogen and oxygen atoms in total. The van der Waals surface area contributed by atoms with E-state index in [9.17, 15) is 9.59 Å². The zero-order valence-corrected chi connectivity index (χ0v) is 18.0. The Morgan fingerprint density at radius 1 is 1.06 bits per heavy atom. The fourth-order valence-electron chi connectivity index (χ4n) is 4.99. The molecule has 3 aliphatic rings. The highest BCUT2D eigenvalue weighted by molar-refractivity contribution is 6.02. The van der Waals surface area contributed by atoms with Crippen LogP contribution in [0.25, 0.3) is 0 Å². The van der Waals surface area contributed by atoms with E-state index in [0.29, 0.717) is 37.2 Å². The van der Waals surface area contributed by atoms with Gasteiger partial charge in [0.15, 0.2) is 0 Å². The van der Waals surface area contributed by atoms with Crippen molar-refractivity contribution in [3.63, 3.8) is 0 Å². The van der Waals surface area contributed by atoms with Crippen molar-refractivity contribution in [3.8, 4) is 0 Å². The Labute approximate surface area is 182 Å². The van der Waals surface area contributed by atoms with E-state index >= 15 is 0 Å². The molecule has 2 aromatic rings. The Kier molecular flexibility index (Phi) is 4.66. The van der Waals surface area contributed by atoms with Gasteiger partial charge in [-0.15, -0.1) is 0 Å². The average Bonchev–Trinajstić information content (AvgIpc) is 3.10. The third-order valence-corrected chi connectivity index (χ3v) is 6.72. The molecular formula is C24H28N4O3. The molecule has 7 heteroatoms. The number of benzene rings is 2. The Morgan fingerprint density at radius 2 is 1.84 bits per heavy atom. The lowest BCUT2D eigenvalue weighted by Gasteiger charge is -2.41. The van der Waals surface area contributed by atoms with Gasteiger partial charge in [0, 0.05) is 50.5 Å². The van der Waals surface area contributed by atoms with Crippen LogP contribution in [0.3, 0.4) is 0 Å². The van der Waals surface area contributed by atoms with E-state index in [1.165, 1.54) is 0 Å². The fraction of sp³-hybridized carbons (Fsp3) is 0.417. The van der Waals surface area contributed by atoms with Crippen LogP contribution in [0.15, 0.2) is 48.5 Å². The highest BCUT2D eigenvalue weighted by Crippen LogP contribution is 2.43. The quantitative estimate of drug-likeness (QED) is 0.782. The van der Waals surface area contributed by atoms with Gasteiger partial charge in [-0.2, -0.15) is 0 Å². The minimum absolute atomic E-state index is 0.0595. The number of piperidine rings is 1. The maximum absolute atomic E-state index is 13.1. The molecule has 0 aliphatic carbocycles. The van der Waals surface area contributed by atoms with Gasteiger partial charge in [0.1, 0.15) is 5.66 Å². The number of nitrogens with zero attached hydrogens (tertiary/aromatic N) is 2. The Balaban J connectivity index is 1.26. The topological polar surface area (TPSA) is 73.9 Å². The zero-order valence-electron chi connectivity index (χ0n) is 18.0. The third kappa shape index (κ3) is 3.53. The van der Waals surface area contributed by atoms with E-state index in [2.05, 4.69) is 10.6 Å². The standard InChI is InChI=1S/C24H28N4O3/c1-27(2)18-7-5-6-17(14-18)22(30)28-12-10-23(11-13-28)15-24(16-31-23)25-20-9-4-3-8-19(20)21(29)26-24/h3-9,14,25H,10-13,15-16H2,1-2H3,(H,26,29). The molecule has 3 heterocycles. The van der Waals surface area contributed by atoms with Crippen LogP contribution < -0.4 is 15.5 Å². The molecule has 0 bridgehead atoms. The lowest BCUT2D eigenvalue weighted by atomic mass is 9.84. The first-order valence-corrected chi connectivity index (χ1v) is 10.8. The molecule has 2 amide bonds. The number of anilines is 2. The maximum Gasteiger partial charge on any atom is 0.255 e. The van der Waals surface area contributed by atoms with Crippen LogP contribution in [-0.2, 0) is 4.74 Å². The van der Waals surface area contributed by atoms with E-state index in [-0.39, 0.29) is 17.4 Å². The van der Waals surface area contributed by atoms with E-state index in [4.69, 9.17) is 4.74 Å². The van der Waals surface area contributed by atoms with Crippen molar-refractivity contribution < 1.29 is 14.3 Å². The van der Waals surface area contributed by atoms with Gasteiger partial charge in [-0.1, -0.05) is 18.2 Å². The summed E-state index contributed by atoms with van der Waals surface area (Å²) < 4.78 is 6.30. The number of carbonyl (C=O) groups excluding carboxylic acids is 2. The van der Waals surface area contributed by atoms with E-state index in [1.807, 2.05) is 72.4 Å². The second kappa shape index (κ2) is 7.27. The lowest BCUT2D eigenvalue weighted by Crippen LogP contribution is -2.59. The number of nitrogens with one attached hydrogen (secondary N) is 2. The van der Waals surface area contributed by atoms with Crippen molar-refractivity contribution in [1.29, 1.82) is 0 Å². The molecule has 0 radical (unpaired) electrons. The molecule has 2 aromatic carbocycles. The van der Waals surface area contributed by atoms with Gasteiger partial charge in [0.25, 0.3) is 11.8 Å². The molecule has 2 saturated heterocycles. The van der Waals surface area contributed by atoms with Gasteiger partial charge < -0.3 is 25.2 Å². The molecule has 2 spiro atoms. The number of likely N-dealkylation sites (tertiary alicyclic amines) is 1. The van der Waals surface area contributed by atoms with Crippen LogP contribution in [0, 0.1) is 0 Å². The molecule has 162 valence electrons. The van der Waals surface area contributed by atoms with E-state index < -0.39 is 5.66 Å². The first kappa shape index (κ1) is 19.9. The van der Waals surface area contributed by atoms with Crippen molar-refractivity contribution in [2.75, 3.05) is 44.0 Å². The van der Waals surface area contributed by atoms with Gasteiger partial charge >= 0.3 is 0 Å². The number of ether oxygens (including phenoxy) is 1. The molecule has 1 unspecified atom stereocenters. The highest BCUT2D eigenvalue weighted by atomic mass is 16.5. The molecule has 0 saturated carbocycles. The van der Waals surface area contributed by atoms with Gasteiger partial charge in [-0.25, -0.2) is 0 Å². The molecule has 2 fully saturated rings. The molecular weight excluding hydrogens is 392 g/mol. The smallest absolute Gasteiger partial charge is 0.255 e. The van der Waals surface area contributed by atoms with Crippen molar-refractivity contribution in [2.24, 2.45) is 0 Å². The van der Waals surface area contributed by atoms with Crippen molar-refractivity contribution in [1.82, 2.24) is 10.2 Å². The Hall–Kier alpha value is -3.06. The van der Waals surface area contributed by atoms with Gasteiger partial charge in [-0.3, -0.25) is 9.59 Å². The van der Waals surface area contributed by atoms with Crippen LogP contribution in [0.1, 0.15) is 40.0 Å². The number of carbonyl (C=O) groups is 2. The summed E-state index contributed by atoms with van der Waals surface area (Å²) in [7, 11) is 3.94. The summed E-state index contributed by atoms with van der Waals surface area (Å²) in [6, 6.07) is 15.3. The molecule has 2 N–H and O–H groups in total. The zero-order chi connectivity index (χ0) is 21.6. The van der Waals surface area contributed by atoms with E-state index in [0.717, 1.165) is 24.2 Å². The van der Waals surface area contributed by atoms with Crippen molar-refractivity contribution in [3.05, 3.63) is 59.7 Å². The number of amides is 2. The second-order valence-corrected chi connectivity index (χ2v) is 9.09. The van der Waals surface area contributed by atoms with Crippen molar-refractivity contribution >= 4 is 23.2 Å². The predicted octanol–water partition coefficient (Wildman–Crippen LogP) is 2.70. The van der Waals surface area contributed by atoms with Gasteiger partial charge in [-0.05, 0) is 43.2 Å². The molecule has 3 aliphatic heterocycles. The van der Waals surface area contributed by atoms with Crippen LogP contribution in [0.5, 0.6) is 0 Å². The summed E-state index contributed by atoms with van der Waals surface area (Å²) >= 11 is 0. The third-order valence-electron chi connectivity index (χ3n) is 6.72. The number of fused-ring (bicyclic) bond motifs is 1. The van der Waals surface area contributed by atoms with Gasteiger partial charge in [0.05, 0.1) is 17.8 Å². The normalized spacial score (nSPS) is 23.9. The highest BCUT2D eigenvalue weighted by Gasteiger charge is 2.53. The van der Waals surface area contributed by atoms with Crippen LogP contribution in [-0.4, -0.2) is 61.8 Å². The van der Waals surface area contributed by atoms with Gasteiger partial charge in [0.2, 0.25) is 0 Å². The largest absolute Gasteiger partial charge is 0.378 e. The summed E-state index contributed by atoms with van der Waals surface area (Å²) in [5, 5.41) is 6.64. The Morgan fingerprint density at radius 3 is 2.61 bits per heavy atom. The summed E-state index contributed by atoms with van der Waals surface area (Å²) in [5.74, 6) is -0.00679. The number of hydrogen-bond donors (Lipinski definition) is 2. The molecule has 5 rings (SSSR count). The SMILES string of the molecule is CN(C)c1cccc(C(=O)N2CCC3(CC2)CC2(CO3)NC(=O)c3ccccc3N2)c1. The first-order valence-electron chi connectivity index (χ1n) is 10.8. The predicted molar refractivity (Wildman–Crippen MR) is 119 cm³/mol. The number of rotatable bonds is 2. The fourth-order valence-corrected chi connectivity index (χ4v) is 4.99. The minimum Gasteiger partial charge on any atom is -0.378 e. The van der Waals surface area contributed by atoms with E-state index in [1.54, 1.807) is 0 Å². The molecule has 1 atom stereocenters. The summed E-state index contributed by atoms with van der Waals surface area (Å²) in [4.78, 5) is 29.6. The first-order chi connectivity index (χ1) is 14.9. The van der Waals surface area contributed by atoms with Crippen molar-refractivity contribution in [2.45, 2.75) is 30.5 Å². The molecule has 31 heavy (non-hydrogen) atoms. The van der Waals surface area contributed by atoms with Crippen LogP contribution in [0.2, 0.25) is 0 Å². The lowest BCUT2D eigenvalue weighted by molar-refractivity contribution is -0.0393. The second-order valence-electron chi connectivity index (χ2n) is 9.09. The average molecular weight is 421 g/mol. The minimum atomic E-state index is -0.586. The number of hydrogen-bond acceptors (Lipinski definition) is 5. The number of para-hydroxylation sites is 1. The summed E-state index contributed by atoms with van der Waals surface area (Å²) in [6.45, 7) is 1.71. The molecule has 0 aromatic heterocycles. The monoisotopic (exact) mass is 420 g/mol. The summed E-state index contributed by atoms with van der Waals surface area (Å²) in [6.07, 6.45) is 2.21. The van der Waals surface area contributed by atoms with Crippen LogP contribution in [0.4, 0.5) is 11.4 Å². The van der Waals surface area contributed by atoms with Crippen LogP contribution >= 0.6 is 0 Å². The Bertz CT molecular complexity index is 1030. The maximum atomic E-state index is 13.1.